The maximum absolute atomic E-state index is 11.2. The number of hydrogen-bond donors (Lipinski definition) is 1. The second-order valence-corrected chi connectivity index (χ2v) is 7.61. The number of carboxylic acid groups (broad SMARTS) is 1. The van der Waals surface area contributed by atoms with Crippen molar-refractivity contribution in [2.75, 3.05) is 6.61 Å². The third kappa shape index (κ3) is 4.30. The predicted molar refractivity (Wildman–Crippen MR) is 116 cm³/mol. The van der Waals surface area contributed by atoms with Crippen molar-refractivity contribution in [1.29, 1.82) is 0 Å². The first-order chi connectivity index (χ1) is 14.5. The zero-order valence-corrected chi connectivity index (χ0v) is 17.3. The van der Waals surface area contributed by atoms with E-state index in [4.69, 9.17) is 14.3 Å². The highest BCUT2D eigenvalue weighted by atomic mass is 16.5. The first-order valence-corrected chi connectivity index (χ1v) is 10.2. The molecule has 154 valence electrons. The van der Waals surface area contributed by atoms with Gasteiger partial charge >= 0.3 is 5.97 Å². The van der Waals surface area contributed by atoms with Crippen molar-refractivity contribution in [3.05, 3.63) is 76.7 Å². The molecule has 0 radical (unpaired) electrons. The molecule has 1 aliphatic rings. The monoisotopic (exact) mass is 403 g/mol. The summed E-state index contributed by atoms with van der Waals surface area (Å²) in [6.45, 7) is 4.46. The van der Waals surface area contributed by atoms with Crippen LogP contribution in [0.15, 0.2) is 53.0 Å². The lowest BCUT2D eigenvalue weighted by molar-refractivity contribution is -0.135. The summed E-state index contributed by atoms with van der Waals surface area (Å²) in [6, 6.07) is 14.0. The number of carbonyl (C=O) groups is 1. The molecule has 0 aliphatic heterocycles. The van der Waals surface area contributed by atoms with Gasteiger partial charge in [0.25, 0.3) is 0 Å². The number of aromatic nitrogens is 1. The lowest BCUT2D eigenvalue weighted by Crippen LogP contribution is -2.09. The number of aliphatic carboxylic acids is 1. The molecule has 1 aromatic heterocycles. The Morgan fingerprint density at radius 2 is 1.97 bits per heavy atom. The molecular formula is C25H25NO4. The van der Waals surface area contributed by atoms with E-state index in [-0.39, 0.29) is 6.42 Å². The fraction of sp³-hybridized carbons (Fsp3) is 0.280. The van der Waals surface area contributed by atoms with Crippen molar-refractivity contribution in [3.63, 3.8) is 0 Å². The summed E-state index contributed by atoms with van der Waals surface area (Å²) in [5, 5.41) is 9.16. The minimum atomic E-state index is -0.814. The van der Waals surface area contributed by atoms with E-state index in [1.54, 1.807) is 0 Å². The van der Waals surface area contributed by atoms with Crippen molar-refractivity contribution in [2.24, 2.45) is 0 Å². The number of ether oxygens (including phenoxy) is 1. The molecule has 5 heteroatoms. The number of nitrogens with zero attached hydrogens (tertiary/aromatic N) is 1. The Balaban J connectivity index is 1.45. The average Bonchev–Trinajstić information content (AvgIpc) is 3.09. The second-order valence-electron chi connectivity index (χ2n) is 7.61. The minimum absolute atomic E-state index is 0.0381. The number of hydrogen-bond acceptors (Lipinski definition) is 4. The zero-order chi connectivity index (χ0) is 21.1. The van der Waals surface area contributed by atoms with Crippen LogP contribution in [0, 0.1) is 13.8 Å². The fourth-order valence-electron chi connectivity index (χ4n) is 3.83. The fourth-order valence-corrected chi connectivity index (χ4v) is 3.83. The molecular weight excluding hydrogens is 378 g/mol. The van der Waals surface area contributed by atoms with E-state index in [2.05, 4.69) is 11.9 Å². The van der Waals surface area contributed by atoms with Crippen LogP contribution in [0.5, 0.6) is 5.75 Å². The van der Waals surface area contributed by atoms with Gasteiger partial charge in [0.15, 0.2) is 0 Å². The van der Waals surface area contributed by atoms with Crippen molar-refractivity contribution in [2.45, 2.75) is 39.5 Å². The molecule has 30 heavy (non-hydrogen) atoms. The van der Waals surface area contributed by atoms with Crippen molar-refractivity contribution in [1.82, 2.24) is 4.98 Å². The van der Waals surface area contributed by atoms with Gasteiger partial charge in [-0.3, -0.25) is 4.79 Å². The molecule has 4 rings (SSSR count). The van der Waals surface area contributed by atoms with Crippen LogP contribution in [-0.4, -0.2) is 22.7 Å². The molecule has 0 spiro atoms. The zero-order valence-electron chi connectivity index (χ0n) is 17.3. The third-order valence-corrected chi connectivity index (χ3v) is 5.39. The Labute approximate surface area is 176 Å². The van der Waals surface area contributed by atoms with Gasteiger partial charge in [0.1, 0.15) is 11.5 Å². The van der Waals surface area contributed by atoms with Crippen LogP contribution in [0.25, 0.3) is 17.0 Å². The lowest BCUT2D eigenvalue weighted by atomic mass is 9.88. The molecule has 1 aliphatic carbocycles. The predicted octanol–water partition coefficient (Wildman–Crippen LogP) is 5.38. The Morgan fingerprint density at radius 3 is 2.73 bits per heavy atom. The molecule has 0 atom stereocenters. The Morgan fingerprint density at radius 1 is 1.17 bits per heavy atom. The maximum Gasteiger partial charge on any atom is 0.307 e. The van der Waals surface area contributed by atoms with Gasteiger partial charge in [-0.2, -0.15) is 0 Å². The Kier molecular flexibility index (Phi) is 5.70. The summed E-state index contributed by atoms with van der Waals surface area (Å²) in [6.07, 6.45) is 4.39. The number of aryl methyl sites for hydroxylation is 2. The maximum atomic E-state index is 11.2. The summed E-state index contributed by atoms with van der Waals surface area (Å²) in [7, 11) is 0. The molecule has 0 saturated heterocycles. The van der Waals surface area contributed by atoms with E-state index in [0.717, 1.165) is 52.3 Å². The number of oxazole rings is 1. The average molecular weight is 403 g/mol. The molecule has 1 heterocycles. The minimum Gasteiger partial charge on any atom is -0.493 e. The van der Waals surface area contributed by atoms with Crippen molar-refractivity contribution < 1.29 is 19.1 Å². The van der Waals surface area contributed by atoms with Gasteiger partial charge in [0.05, 0.1) is 18.7 Å². The molecule has 1 N–H and O–H groups in total. The quantitative estimate of drug-likeness (QED) is 0.573. The number of fused-ring (bicyclic) bond motifs is 1. The van der Waals surface area contributed by atoms with Crippen LogP contribution < -0.4 is 4.74 Å². The Hall–Kier alpha value is -3.34. The largest absolute Gasteiger partial charge is 0.493 e. The first-order valence-electron chi connectivity index (χ1n) is 10.2. The van der Waals surface area contributed by atoms with E-state index in [0.29, 0.717) is 18.9 Å². The molecule has 2 aromatic carbocycles. The van der Waals surface area contributed by atoms with Crippen molar-refractivity contribution in [3.8, 4) is 17.2 Å². The van der Waals surface area contributed by atoms with Crippen LogP contribution in [0.4, 0.5) is 0 Å². The molecule has 0 fully saturated rings. The number of benzene rings is 2. The van der Waals surface area contributed by atoms with E-state index in [9.17, 15) is 4.79 Å². The van der Waals surface area contributed by atoms with Gasteiger partial charge in [-0.05, 0) is 56.0 Å². The molecule has 0 bridgehead atoms. The molecule has 3 aromatic rings. The Bertz CT molecular complexity index is 1090. The normalized spacial score (nSPS) is 12.9. The van der Waals surface area contributed by atoms with Gasteiger partial charge in [-0.25, -0.2) is 4.98 Å². The van der Waals surface area contributed by atoms with Crippen LogP contribution in [0.1, 0.15) is 41.0 Å². The van der Waals surface area contributed by atoms with Crippen LogP contribution >= 0.6 is 0 Å². The van der Waals surface area contributed by atoms with Crippen LogP contribution in [-0.2, 0) is 17.6 Å². The van der Waals surface area contributed by atoms with Gasteiger partial charge in [0.2, 0.25) is 5.89 Å². The number of rotatable bonds is 7. The number of carboxylic acids is 1. The molecule has 0 amide bonds. The first kappa shape index (κ1) is 20.0. The van der Waals surface area contributed by atoms with Gasteiger partial charge in [-0.15, -0.1) is 0 Å². The van der Waals surface area contributed by atoms with Gasteiger partial charge < -0.3 is 14.3 Å². The highest BCUT2D eigenvalue weighted by Gasteiger charge is 2.19. The molecule has 0 unspecified atom stereocenters. The summed E-state index contributed by atoms with van der Waals surface area (Å²) >= 11 is 0. The smallest absolute Gasteiger partial charge is 0.307 e. The van der Waals surface area contributed by atoms with E-state index in [1.165, 1.54) is 5.56 Å². The van der Waals surface area contributed by atoms with Crippen LogP contribution in [0.3, 0.4) is 0 Å². The van der Waals surface area contributed by atoms with Gasteiger partial charge in [0, 0.05) is 17.5 Å². The summed E-state index contributed by atoms with van der Waals surface area (Å²) in [5.74, 6) is 1.44. The lowest BCUT2D eigenvalue weighted by Gasteiger charge is -2.20. The van der Waals surface area contributed by atoms with Crippen molar-refractivity contribution >= 4 is 11.5 Å². The summed E-state index contributed by atoms with van der Waals surface area (Å²) < 4.78 is 11.9. The highest BCUT2D eigenvalue weighted by Crippen LogP contribution is 2.34. The van der Waals surface area contributed by atoms with E-state index >= 15 is 0 Å². The summed E-state index contributed by atoms with van der Waals surface area (Å²) in [4.78, 5) is 15.8. The van der Waals surface area contributed by atoms with E-state index in [1.807, 2.05) is 55.5 Å². The molecule has 5 nitrogen and oxygen atoms in total. The van der Waals surface area contributed by atoms with Crippen LogP contribution in [0.2, 0.25) is 0 Å². The SMILES string of the molecule is Cc1ccc(-c2nc(CCOc3cccc4c3CCC=C4CC(=O)O)c(C)o2)cc1. The number of allylic oxidation sites excluding steroid dienone is 1. The highest BCUT2D eigenvalue weighted by molar-refractivity contribution is 5.86. The standard InChI is InChI=1S/C25H25NO4/c1-16-9-11-18(12-10-16)25-26-22(17(2)30-25)13-14-29-23-8-4-6-20-19(15-24(27)28)5-3-7-21(20)23/h4-6,8-12H,3,7,13-15H2,1-2H3,(H,27,28). The molecule has 0 saturated carbocycles. The topological polar surface area (TPSA) is 72.6 Å². The van der Waals surface area contributed by atoms with Gasteiger partial charge in [-0.1, -0.05) is 35.9 Å². The van der Waals surface area contributed by atoms with E-state index < -0.39 is 5.97 Å². The summed E-state index contributed by atoms with van der Waals surface area (Å²) in [5.41, 5.74) is 5.99. The second kappa shape index (κ2) is 8.57. The third-order valence-electron chi connectivity index (χ3n) is 5.39.